The van der Waals surface area contributed by atoms with Gasteiger partial charge < -0.3 is 9.13 Å². The van der Waals surface area contributed by atoms with Crippen LogP contribution < -0.4 is 0 Å². The molecule has 3 rings (SSSR count). The molecule has 114 valence electrons. The van der Waals surface area contributed by atoms with Gasteiger partial charge in [-0.1, -0.05) is 35.5 Å². The second kappa shape index (κ2) is 6.58. The van der Waals surface area contributed by atoms with E-state index in [0.29, 0.717) is 0 Å². The maximum absolute atomic E-state index is 6.01. The van der Waals surface area contributed by atoms with Crippen molar-refractivity contribution in [1.29, 1.82) is 0 Å². The van der Waals surface area contributed by atoms with E-state index in [9.17, 15) is 0 Å². The number of hydrogen-bond donors (Lipinski definition) is 0. The molecule has 0 spiro atoms. The largest absolute Gasteiger partial charge is 0.354 e. The van der Waals surface area contributed by atoms with Crippen LogP contribution in [0.4, 0.5) is 0 Å². The van der Waals surface area contributed by atoms with Crippen molar-refractivity contribution in [1.82, 2.24) is 19.3 Å². The van der Waals surface area contributed by atoms with Crippen molar-refractivity contribution in [2.45, 2.75) is 17.3 Å². The normalized spacial score (nSPS) is 11.0. The number of hydrogen-bond acceptors (Lipinski definition) is 3. The van der Waals surface area contributed by atoms with Crippen LogP contribution in [0.2, 0.25) is 5.02 Å². The summed E-state index contributed by atoms with van der Waals surface area (Å²) in [6.45, 7) is 0. The number of aryl methyl sites for hydroxylation is 1. The molecule has 0 aliphatic carbocycles. The van der Waals surface area contributed by atoms with E-state index < -0.39 is 0 Å². The standard InChI is InChI=1S/C16H17ClN4S/c1-20-8-4-7-14(20)10-15-18-19-16(21(15)2)22-11-12-5-3-6-13(17)9-12/h3-9H,10-11H2,1-2H3. The monoisotopic (exact) mass is 332 g/mol. The van der Waals surface area contributed by atoms with Gasteiger partial charge in [0, 0.05) is 43.2 Å². The summed E-state index contributed by atoms with van der Waals surface area (Å²) in [5.41, 5.74) is 2.41. The van der Waals surface area contributed by atoms with E-state index in [1.165, 1.54) is 11.3 Å². The van der Waals surface area contributed by atoms with E-state index >= 15 is 0 Å². The van der Waals surface area contributed by atoms with E-state index in [0.717, 1.165) is 28.2 Å². The molecule has 0 saturated carbocycles. The van der Waals surface area contributed by atoms with Crippen LogP contribution in [0, 0.1) is 0 Å². The molecule has 3 aromatic rings. The summed E-state index contributed by atoms with van der Waals surface area (Å²) in [5, 5.41) is 10.3. The summed E-state index contributed by atoms with van der Waals surface area (Å²) >= 11 is 7.68. The molecule has 0 bridgehead atoms. The minimum atomic E-state index is 0.764. The summed E-state index contributed by atoms with van der Waals surface area (Å²) in [7, 11) is 4.05. The molecule has 1 aromatic carbocycles. The Hall–Kier alpha value is -1.72. The molecule has 0 aliphatic heterocycles. The molecule has 0 aliphatic rings. The van der Waals surface area contributed by atoms with Gasteiger partial charge in [0.1, 0.15) is 5.82 Å². The number of benzene rings is 1. The van der Waals surface area contributed by atoms with Gasteiger partial charge in [0.05, 0.1) is 0 Å². The van der Waals surface area contributed by atoms with Crippen LogP contribution in [0.3, 0.4) is 0 Å². The highest BCUT2D eigenvalue weighted by atomic mass is 35.5. The number of thioether (sulfide) groups is 1. The van der Waals surface area contributed by atoms with E-state index in [-0.39, 0.29) is 0 Å². The van der Waals surface area contributed by atoms with Crippen molar-refractivity contribution in [3.05, 3.63) is 64.7 Å². The van der Waals surface area contributed by atoms with Gasteiger partial charge in [-0.3, -0.25) is 0 Å². The van der Waals surface area contributed by atoms with E-state index in [1.54, 1.807) is 11.8 Å². The molecule has 0 radical (unpaired) electrons. The predicted octanol–water partition coefficient (Wildman–Crippen LogP) is 3.69. The van der Waals surface area contributed by atoms with Gasteiger partial charge in [-0.15, -0.1) is 10.2 Å². The van der Waals surface area contributed by atoms with Gasteiger partial charge >= 0.3 is 0 Å². The molecule has 22 heavy (non-hydrogen) atoms. The van der Waals surface area contributed by atoms with Crippen molar-refractivity contribution in [3.8, 4) is 0 Å². The molecule has 0 saturated heterocycles. The topological polar surface area (TPSA) is 35.6 Å². The average Bonchev–Trinajstić information content (AvgIpc) is 3.05. The molecular weight excluding hydrogens is 316 g/mol. The molecule has 4 nitrogen and oxygen atoms in total. The summed E-state index contributed by atoms with van der Waals surface area (Å²) in [4.78, 5) is 0. The van der Waals surface area contributed by atoms with Crippen LogP contribution in [-0.2, 0) is 26.3 Å². The lowest BCUT2D eigenvalue weighted by Gasteiger charge is -2.05. The minimum Gasteiger partial charge on any atom is -0.354 e. The van der Waals surface area contributed by atoms with Crippen molar-refractivity contribution >= 4 is 23.4 Å². The summed E-state index contributed by atoms with van der Waals surface area (Å²) in [5.74, 6) is 1.80. The van der Waals surface area contributed by atoms with Gasteiger partial charge in [0.25, 0.3) is 0 Å². The highest BCUT2D eigenvalue weighted by Crippen LogP contribution is 2.23. The van der Waals surface area contributed by atoms with Gasteiger partial charge in [-0.05, 0) is 29.8 Å². The minimum absolute atomic E-state index is 0.764. The molecule has 2 aromatic heterocycles. The first-order valence-electron chi connectivity index (χ1n) is 6.99. The fraction of sp³-hybridized carbons (Fsp3) is 0.250. The molecule has 0 fully saturated rings. The number of aromatic nitrogens is 4. The van der Waals surface area contributed by atoms with Crippen LogP contribution in [0.5, 0.6) is 0 Å². The van der Waals surface area contributed by atoms with E-state index in [4.69, 9.17) is 11.6 Å². The van der Waals surface area contributed by atoms with Crippen LogP contribution in [0.15, 0.2) is 47.8 Å². The Bertz CT molecular complexity index is 778. The summed E-state index contributed by atoms with van der Waals surface area (Å²) in [6.07, 6.45) is 2.82. The van der Waals surface area contributed by atoms with Gasteiger partial charge in [-0.25, -0.2) is 0 Å². The first-order valence-corrected chi connectivity index (χ1v) is 8.35. The van der Waals surface area contributed by atoms with E-state index in [1.807, 2.05) is 44.6 Å². The van der Waals surface area contributed by atoms with E-state index in [2.05, 4.69) is 31.5 Å². The zero-order chi connectivity index (χ0) is 15.5. The Labute approximate surface area is 139 Å². The third-order valence-corrected chi connectivity index (χ3v) is 4.90. The maximum atomic E-state index is 6.01. The second-order valence-corrected chi connectivity index (χ2v) is 6.54. The van der Waals surface area contributed by atoms with Crippen molar-refractivity contribution < 1.29 is 0 Å². The quantitative estimate of drug-likeness (QED) is 0.668. The fourth-order valence-electron chi connectivity index (χ4n) is 2.24. The lowest BCUT2D eigenvalue weighted by atomic mass is 10.2. The van der Waals surface area contributed by atoms with Crippen LogP contribution in [-0.4, -0.2) is 19.3 Å². The van der Waals surface area contributed by atoms with Crippen LogP contribution >= 0.6 is 23.4 Å². The third-order valence-electron chi connectivity index (χ3n) is 3.57. The Kier molecular flexibility index (Phi) is 4.55. The first kappa shape index (κ1) is 15.2. The number of halogens is 1. The van der Waals surface area contributed by atoms with Crippen molar-refractivity contribution in [3.63, 3.8) is 0 Å². The molecular formula is C16H17ClN4S. The molecule has 0 N–H and O–H groups in total. The van der Waals surface area contributed by atoms with Gasteiger partial charge in [-0.2, -0.15) is 0 Å². The molecule has 0 amide bonds. The van der Waals surface area contributed by atoms with Crippen molar-refractivity contribution in [2.24, 2.45) is 14.1 Å². The van der Waals surface area contributed by atoms with Crippen LogP contribution in [0.25, 0.3) is 0 Å². The Morgan fingerprint density at radius 3 is 2.73 bits per heavy atom. The zero-order valence-electron chi connectivity index (χ0n) is 12.5. The highest BCUT2D eigenvalue weighted by molar-refractivity contribution is 7.98. The Morgan fingerprint density at radius 1 is 1.14 bits per heavy atom. The molecule has 0 unspecified atom stereocenters. The second-order valence-electron chi connectivity index (χ2n) is 5.16. The highest BCUT2D eigenvalue weighted by Gasteiger charge is 2.11. The zero-order valence-corrected chi connectivity index (χ0v) is 14.1. The summed E-state index contributed by atoms with van der Waals surface area (Å²) in [6, 6.07) is 12.1. The number of rotatable bonds is 5. The third kappa shape index (κ3) is 3.36. The summed E-state index contributed by atoms with van der Waals surface area (Å²) < 4.78 is 4.16. The Morgan fingerprint density at radius 2 is 2.00 bits per heavy atom. The molecule has 6 heteroatoms. The van der Waals surface area contributed by atoms with Gasteiger partial charge in [0.15, 0.2) is 5.16 Å². The van der Waals surface area contributed by atoms with Gasteiger partial charge in [0.2, 0.25) is 0 Å². The first-order chi connectivity index (χ1) is 10.6. The number of nitrogens with zero attached hydrogens (tertiary/aromatic N) is 4. The molecule has 2 heterocycles. The lowest BCUT2D eigenvalue weighted by molar-refractivity contribution is 0.731. The average molecular weight is 333 g/mol. The SMILES string of the molecule is Cn1cccc1Cc1nnc(SCc2cccc(Cl)c2)n1C. The predicted molar refractivity (Wildman–Crippen MR) is 90.2 cm³/mol. The Balaban J connectivity index is 1.69. The fourth-order valence-corrected chi connectivity index (χ4v) is 3.33. The smallest absolute Gasteiger partial charge is 0.191 e. The maximum Gasteiger partial charge on any atom is 0.191 e. The molecule has 0 atom stereocenters. The lowest BCUT2D eigenvalue weighted by Crippen LogP contribution is -2.03. The van der Waals surface area contributed by atoms with Crippen molar-refractivity contribution in [2.75, 3.05) is 0 Å². The van der Waals surface area contributed by atoms with Crippen LogP contribution in [0.1, 0.15) is 17.1 Å².